The molecule has 0 bridgehead atoms. The smallest absolute Gasteiger partial charge is 0.191 e. The van der Waals surface area contributed by atoms with Crippen LogP contribution in [0.15, 0.2) is 29.3 Å². The third-order valence-corrected chi connectivity index (χ3v) is 3.89. The predicted molar refractivity (Wildman–Crippen MR) is 81.1 cm³/mol. The minimum absolute atomic E-state index is 0.695. The second-order valence-electron chi connectivity index (χ2n) is 5.49. The van der Waals surface area contributed by atoms with Crippen molar-refractivity contribution in [1.29, 1.82) is 0 Å². The molecule has 1 aromatic carbocycles. The molecule has 0 amide bonds. The highest BCUT2D eigenvalue weighted by Gasteiger charge is 2.17. The third kappa shape index (κ3) is 3.72. The second-order valence-corrected chi connectivity index (χ2v) is 5.49. The minimum Gasteiger partial charge on any atom is -0.370 e. The molecule has 2 rings (SSSR count). The highest BCUT2D eigenvalue weighted by atomic mass is 15.3. The summed E-state index contributed by atoms with van der Waals surface area (Å²) < 4.78 is 0. The number of piperidine rings is 1. The van der Waals surface area contributed by atoms with E-state index < -0.39 is 0 Å². The molecule has 0 saturated carbocycles. The van der Waals surface area contributed by atoms with Crippen LogP contribution in [0.5, 0.6) is 0 Å². The topological polar surface area (TPSA) is 41.6 Å². The van der Waals surface area contributed by atoms with Gasteiger partial charge in [0.1, 0.15) is 0 Å². The van der Waals surface area contributed by atoms with Crippen LogP contribution in [0, 0.1) is 5.92 Å². The summed E-state index contributed by atoms with van der Waals surface area (Å²) in [5.74, 6) is 1.43. The number of benzene rings is 1. The van der Waals surface area contributed by atoms with Crippen LogP contribution in [-0.2, 0) is 13.0 Å². The van der Waals surface area contributed by atoms with Crippen molar-refractivity contribution in [3.05, 3.63) is 35.4 Å². The molecule has 1 fully saturated rings. The Hall–Kier alpha value is -1.51. The lowest BCUT2D eigenvalue weighted by molar-refractivity contribution is 0.270. The molecule has 19 heavy (non-hydrogen) atoms. The maximum Gasteiger partial charge on any atom is 0.191 e. The van der Waals surface area contributed by atoms with Crippen LogP contribution < -0.4 is 5.73 Å². The average Bonchev–Trinajstić information content (AvgIpc) is 2.45. The lowest BCUT2D eigenvalue weighted by Gasteiger charge is -2.31. The van der Waals surface area contributed by atoms with Gasteiger partial charge in [0.25, 0.3) is 0 Å². The standard InChI is InChI=1S/C16H25N3/c1-3-14-8-4-5-9-15(14)11-18-16(17)19-10-6-7-13(2)12-19/h4-5,8-9,13H,3,6-7,10-12H2,1-2H3,(H2,17,18). The molecule has 104 valence electrons. The fraction of sp³-hybridized carbons (Fsp3) is 0.562. The summed E-state index contributed by atoms with van der Waals surface area (Å²) in [6.07, 6.45) is 3.58. The largest absolute Gasteiger partial charge is 0.370 e. The first-order chi connectivity index (χ1) is 9.20. The molecule has 0 radical (unpaired) electrons. The van der Waals surface area contributed by atoms with Gasteiger partial charge in [-0.25, -0.2) is 4.99 Å². The Morgan fingerprint density at radius 3 is 2.79 bits per heavy atom. The molecule has 3 nitrogen and oxygen atoms in total. The Balaban J connectivity index is 2.01. The van der Waals surface area contributed by atoms with E-state index in [0.29, 0.717) is 12.5 Å². The van der Waals surface area contributed by atoms with Crippen LogP contribution in [0.1, 0.15) is 37.8 Å². The predicted octanol–water partition coefficient (Wildman–Crippen LogP) is 2.80. The van der Waals surface area contributed by atoms with Gasteiger partial charge >= 0.3 is 0 Å². The summed E-state index contributed by atoms with van der Waals surface area (Å²) in [5, 5.41) is 0. The van der Waals surface area contributed by atoms with Gasteiger partial charge in [-0.15, -0.1) is 0 Å². The van der Waals surface area contributed by atoms with E-state index in [1.807, 2.05) is 0 Å². The third-order valence-electron chi connectivity index (χ3n) is 3.89. The number of aliphatic imine (C=N–C) groups is 1. The van der Waals surface area contributed by atoms with E-state index >= 15 is 0 Å². The molecule has 1 aliphatic heterocycles. The van der Waals surface area contributed by atoms with E-state index in [0.717, 1.165) is 25.4 Å². The van der Waals surface area contributed by atoms with E-state index in [1.54, 1.807) is 0 Å². The quantitative estimate of drug-likeness (QED) is 0.670. The first kappa shape index (κ1) is 13.9. The number of rotatable bonds is 3. The van der Waals surface area contributed by atoms with E-state index in [9.17, 15) is 0 Å². The molecule has 0 spiro atoms. The first-order valence-electron chi connectivity index (χ1n) is 7.32. The summed E-state index contributed by atoms with van der Waals surface area (Å²) in [6.45, 7) is 7.25. The summed E-state index contributed by atoms with van der Waals surface area (Å²) in [4.78, 5) is 6.81. The van der Waals surface area contributed by atoms with Crippen LogP contribution in [0.25, 0.3) is 0 Å². The fourth-order valence-corrected chi connectivity index (χ4v) is 2.72. The van der Waals surface area contributed by atoms with Crippen molar-refractivity contribution in [2.45, 2.75) is 39.7 Å². The van der Waals surface area contributed by atoms with Crippen molar-refractivity contribution in [1.82, 2.24) is 4.90 Å². The molecular weight excluding hydrogens is 234 g/mol. The number of nitrogens with zero attached hydrogens (tertiary/aromatic N) is 2. The Morgan fingerprint density at radius 1 is 1.37 bits per heavy atom. The van der Waals surface area contributed by atoms with Gasteiger partial charge in [0.15, 0.2) is 5.96 Å². The normalized spacial score (nSPS) is 20.6. The lowest BCUT2D eigenvalue weighted by atomic mass is 10.0. The lowest BCUT2D eigenvalue weighted by Crippen LogP contribution is -2.43. The van der Waals surface area contributed by atoms with Crippen LogP contribution in [0.2, 0.25) is 0 Å². The molecule has 1 heterocycles. The molecular formula is C16H25N3. The Bertz CT molecular complexity index is 439. The van der Waals surface area contributed by atoms with Crippen molar-refractivity contribution in [3.8, 4) is 0 Å². The second kappa shape index (κ2) is 6.60. The van der Waals surface area contributed by atoms with Crippen molar-refractivity contribution >= 4 is 5.96 Å². The number of hydrogen-bond acceptors (Lipinski definition) is 1. The van der Waals surface area contributed by atoms with Crippen molar-refractivity contribution < 1.29 is 0 Å². The number of likely N-dealkylation sites (tertiary alicyclic amines) is 1. The van der Waals surface area contributed by atoms with E-state index in [-0.39, 0.29) is 0 Å². The van der Waals surface area contributed by atoms with Gasteiger partial charge in [0.2, 0.25) is 0 Å². The van der Waals surface area contributed by atoms with Crippen LogP contribution >= 0.6 is 0 Å². The Morgan fingerprint density at radius 2 is 2.11 bits per heavy atom. The van der Waals surface area contributed by atoms with Crippen LogP contribution in [0.3, 0.4) is 0 Å². The van der Waals surface area contributed by atoms with E-state index in [4.69, 9.17) is 5.73 Å². The maximum absolute atomic E-state index is 6.13. The summed E-state index contributed by atoms with van der Waals surface area (Å²) in [5.41, 5.74) is 8.78. The number of hydrogen-bond donors (Lipinski definition) is 1. The van der Waals surface area contributed by atoms with Gasteiger partial charge in [0, 0.05) is 13.1 Å². The molecule has 3 heteroatoms. The van der Waals surface area contributed by atoms with Crippen molar-refractivity contribution in [3.63, 3.8) is 0 Å². The Labute approximate surface area is 116 Å². The summed E-state index contributed by atoms with van der Waals surface area (Å²) in [6, 6.07) is 8.48. The molecule has 0 aromatic heterocycles. The van der Waals surface area contributed by atoms with Crippen LogP contribution in [-0.4, -0.2) is 23.9 Å². The molecule has 1 unspecified atom stereocenters. The van der Waals surface area contributed by atoms with Gasteiger partial charge < -0.3 is 10.6 Å². The summed E-state index contributed by atoms with van der Waals surface area (Å²) >= 11 is 0. The molecule has 1 saturated heterocycles. The average molecular weight is 259 g/mol. The molecule has 1 atom stereocenters. The molecule has 0 aliphatic carbocycles. The SMILES string of the molecule is CCc1ccccc1CN=C(N)N1CCCC(C)C1. The zero-order valence-electron chi connectivity index (χ0n) is 12.1. The first-order valence-corrected chi connectivity index (χ1v) is 7.32. The number of aryl methyl sites for hydroxylation is 1. The van der Waals surface area contributed by atoms with Gasteiger partial charge in [-0.2, -0.15) is 0 Å². The fourth-order valence-electron chi connectivity index (χ4n) is 2.72. The Kier molecular flexibility index (Phi) is 4.83. The highest BCUT2D eigenvalue weighted by molar-refractivity contribution is 5.78. The molecule has 1 aromatic rings. The zero-order chi connectivity index (χ0) is 13.7. The zero-order valence-corrected chi connectivity index (χ0v) is 12.1. The monoisotopic (exact) mass is 259 g/mol. The van der Waals surface area contributed by atoms with Gasteiger partial charge in [-0.3, -0.25) is 0 Å². The van der Waals surface area contributed by atoms with Gasteiger partial charge in [-0.1, -0.05) is 38.1 Å². The molecule has 2 N–H and O–H groups in total. The highest BCUT2D eigenvalue weighted by Crippen LogP contribution is 2.15. The number of nitrogens with two attached hydrogens (primary N) is 1. The van der Waals surface area contributed by atoms with Crippen LogP contribution in [0.4, 0.5) is 0 Å². The van der Waals surface area contributed by atoms with Crippen molar-refractivity contribution in [2.75, 3.05) is 13.1 Å². The van der Waals surface area contributed by atoms with Gasteiger partial charge in [0.05, 0.1) is 6.54 Å². The number of guanidine groups is 1. The van der Waals surface area contributed by atoms with Crippen molar-refractivity contribution in [2.24, 2.45) is 16.6 Å². The summed E-state index contributed by atoms with van der Waals surface area (Å²) in [7, 11) is 0. The maximum atomic E-state index is 6.13. The van der Waals surface area contributed by atoms with E-state index in [2.05, 4.69) is 48.0 Å². The minimum atomic E-state index is 0.695. The molecule has 1 aliphatic rings. The van der Waals surface area contributed by atoms with E-state index in [1.165, 1.54) is 24.0 Å². The van der Waals surface area contributed by atoms with Gasteiger partial charge in [-0.05, 0) is 36.3 Å².